The lowest BCUT2D eigenvalue weighted by atomic mass is 9.89. The number of methoxy groups -OCH3 is 1. The molecule has 0 aliphatic carbocycles. The van der Waals surface area contributed by atoms with Gasteiger partial charge in [0.25, 0.3) is 5.91 Å². The van der Waals surface area contributed by atoms with Crippen LogP contribution in [0.3, 0.4) is 0 Å². The zero-order chi connectivity index (χ0) is 20.5. The molecule has 1 amide bonds. The van der Waals surface area contributed by atoms with Gasteiger partial charge in [0.2, 0.25) is 0 Å². The van der Waals surface area contributed by atoms with Gasteiger partial charge < -0.3 is 19.5 Å². The van der Waals surface area contributed by atoms with Gasteiger partial charge in [-0.15, -0.1) is 0 Å². The summed E-state index contributed by atoms with van der Waals surface area (Å²) in [5.74, 6) is 2.03. The van der Waals surface area contributed by atoms with Crippen LogP contribution in [0.2, 0.25) is 0 Å². The molecular formula is C23H29NO4. The van der Waals surface area contributed by atoms with Crippen molar-refractivity contribution < 1.29 is 19.0 Å². The highest BCUT2D eigenvalue weighted by atomic mass is 16.5. The van der Waals surface area contributed by atoms with Crippen molar-refractivity contribution in [2.24, 2.45) is 0 Å². The third kappa shape index (κ3) is 4.58. The largest absolute Gasteiger partial charge is 0.497 e. The molecule has 2 unspecified atom stereocenters. The Kier molecular flexibility index (Phi) is 5.54. The summed E-state index contributed by atoms with van der Waals surface area (Å²) in [4.78, 5) is 12.8. The number of benzene rings is 2. The highest BCUT2D eigenvalue weighted by Crippen LogP contribution is 2.41. The van der Waals surface area contributed by atoms with E-state index in [9.17, 15) is 4.79 Å². The maximum absolute atomic E-state index is 12.8. The Morgan fingerprint density at radius 1 is 1.14 bits per heavy atom. The predicted octanol–water partition coefficient (Wildman–Crippen LogP) is 4.50. The Morgan fingerprint density at radius 3 is 2.46 bits per heavy atom. The van der Waals surface area contributed by atoms with Gasteiger partial charge in [0, 0.05) is 18.1 Å². The second-order valence-electron chi connectivity index (χ2n) is 8.11. The van der Waals surface area contributed by atoms with Crippen LogP contribution in [0.4, 0.5) is 0 Å². The fourth-order valence-corrected chi connectivity index (χ4v) is 3.64. The number of carbonyl (C=O) groups excluding carboxylic acids is 1. The quantitative estimate of drug-likeness (QED) is 0.826. The molecule has 1 heterocycles. The minimum atomic E-state index is -0.603. The van der Waals surface area contributed by atoms with Gasteiger partial charge in [0.1, 0.15) is 22.8 Å². The molecule has 3 rings (SSSR count). The molecule has 5 nitrogen and oxygen atoms in total. The third-order valence-corrected chi connectivity index (χ3v) is 4.87. The molecule has 2 atom stereocenters. The van der Waals surface area contributed by atoms with Crippen molar-refractivity contribution >= 4 is 5.91 Å². The molecule has 1 aliphatic heterocycles. The van der Waals surface area contributed by atoms with E-state index in [4.69, 9.17) is 14.2 Å². The van der Waals surface area contributed by atoms with E-state index in [0.29, 0.717) is 12.2 Å². The topological polar surface area (TPSA) is 56.8 Å². The summed E-state index contributed by atoms with van der Waals surface area (Å²) in [7, 11) is 1.63. The maximum atomic E-state index is 12.8. The molecular weight excluding hydrogens is 354 g/mol. The number of ether oxygens (including phenoxy) is 3. The first kappa shape index (κ1) is 20.1. The van der Waals surface area contributed by atoms with Gasteiger partial charge >= 0.3 is 0 Å². The van der Waals surface area contributed by atoms with E-state index in [0.717, 1.165) is 28.2 Å². The second-order valence-corrected chi connectivity index (χ2v) is 8.11. The van der Waals surface area contributed by atoms with Crippen LogP contribution < -0.4 is 19.5 Å². The van der Waals surface area contributed by atoms with Gasteiger partial charge in [0.05, 0.1) is 13.2 Å². The van der Waals surface area contributed by atoms with Crippen LogP contribution in [0, 0.1) is 13.8 Å². The van der Waals surface area contributed by atoms with Crippen molar-refractivity contribution in [2.75, 3.05) is 7.11 Å². The van der Waals surface area contributed by atoms with Gasteiger partial charge in [-0.25, -0.2) is 0 Å². The SMILES string of the molecule is COc1ccc2c(c1)OC(C)(C)CC2NC(=O)C(C)Oc1cc(C)cc(C)c1. The smallest absolute Gasteiger partial charge is 0.261 e. The van der Waals surface area contributed by atoms with E-state index in [-0.39, 0.29) is 11.9 Å². The molecule has 0 saturated carbocycles. The second kappa shape index (κ2) is 7.74. The Balaban J connectivity index is 1.76. The fraction of sp³-hybridized carbons (Fsp3) is 0.435. The van der Waals surface area contributed by atoms with Crippen molar-refractivity contribution in [3.05, 3.63) is 53.1 Å². The molecule has 0 aromatic heterocycles. The Bertz CT molecular complexity index is 855. The number of aryl methyl sites for hydroxylation is 2. The molecule has 28 heavy (non-hydrogen) atoms. The van der Waals surface area contributed by atoms with Crippen molar-refractivity contribution in [2.45, 2.75) is 58.8 Å². The van der Waals surface area contributed by atoms with Gasteiger partial charge in [-0.05, 0) is 70.0 Å². The third-order valence-electron chi connectivity index (χ3n) is 4.87. The average molecular weight is 383 g/mol. The number of fused-ring (bicyclic) bond motifs is 1. The minimum absolute atomic E-state index is 0.149. The maximum Gasteiger partial charge on any atom is 0.261 e. The lowest BCUT2D eigenvalue weighted by Crippen LogP contribution is -2.44. The number of amides is 1. The number of hydrogen-bond acceptors (Lipinski definition) is 4. The zero-order valence-corrected chi connectivity index (χ0v) is 17.5. The summed E-state index contributed by atoms with van der Waals surface area (Å²) >= 11 is 0. The first-order valence-corrected chi connectivity index (χ1v) is 9.59. The highest BCUT2D eigenvalue weighted by molar-refractivity contribution is 5.81. The summed E-state index contributed by atoms with van der Waals surface area (Å²) in [6, 6.07) is 11.5. The Morgan fingerprint density at radius 2 is 1.82 bits per heavy atom. The van der Waals surface area contributed by atoms with Crippen LogP contribution in [-0.2, 0) is 4.79 Å². The van der Waals surface area contributed by atoms with Crippen molar-refractivity contribution in [1.29, 1.82) is 0 Å². The highest BCUT2D eigenvalue weighted by Gasteiger charge is 2.35. The Labute approximate surface area is 167 Å². The van der Waals surface area contributed by atoms with Crippen LogP contribution in [0.1, 0.15) is 49.9 Å². The van der Waals surface area contributed by atoms with E-state index < -0.39 is 11.7 Å². The lowest BCUT2D eigenvalue weighted by molar-refractivity contribution is -0.128. The molecule has 1 N–H and O–H groups in total. The van der Waals surface area contributed by atoms with Crippen LogP contribution in [0.15, 0.2) is 36.4 Å². The summed E-state index contributed by atoms with van der Waals surface area (Å²) in [6.45, 7) is 9.83. The first-order chi connectivity index (χ1) is 13.2. The molecule has 0 bridgehead atoms. The van der Waals surface area contributed by atoms with Gasteiger partial charge in [0.15, 0.2) is 6.10 Å². The predicted molar refractivity (Wildman–Crippen MR) is 109 cm³/mol. The number of carbonyl (C=O) groups is 1. The van der Waals surface area contributed by atoms with Gasteiger partial charge in [-0.3, -0.25) is 4.79 Å². The molecule has 2 aromatic carbocycles. The lowest BCUT2D eigenvalue weighted by Gasteiger charge is -2.38. The number of rotatable bonds is 5. The monoisotopic (exact) mass is 383 g/mol. The molecule has 5 heteroatoms. The molecule has 0 radical (unpaired) electrons. The molecule has 2 aromatic rings. The van der Waals surface area contributed by atoms with Crippen LogP contribution in [-0.4, -0.2) is 24.7 Å². The fourth-order valence-electron chi connectivity index (χ4n) is 3.64. The zero-order valence-electron chi connectivity index (χ0n) is 17.5. The average Bonchev–Trinajstić information content (AvgIpc) is 2.59. The van der Waals surface area contributed by atoms with Crippen molar-refractivity contribution in [3.63, 3.8) is 0 Å². The molecule has 0 fully saturated rings. The summed E-state index contributed by atoms with van der Waals surface area (Å²) < 4.78 is 17.3. The van der Waals surface area contributed by atoms with Crippen LogP contribution >= 0.6 is 0 Å². The number of hydrogen-bond donors (Lipinski definition) is 1. The van der Waals surface area contributed by atoms with E-state index >= 15 is 0 Å². The van der Waals surface area contributed by atoms with E-state index in [1.54, 1.807) is 14.0 Å². The van der Waals surface area contributed by atoms with Gasteiger partial charge in [-0.1, -0.05) is 6.07 Å². The van der Waals surface area contributed by atoms with E-state index in [1.807, 2.05) is 58.0 Å². The summed E-state index contributed by atoms with van der Waals surface area (Å²) in [5, 5.41) is 3.13. The van der Waals surface area contributed by atoms with E-state index in [2.05, 4.69) is 11.4 Å². The molecule has 150 valence electrons. The van der Waals surface area contributed by atoms with Crippen molar-refractivity contribution in [3.8, 4) is 17.2 Å². The Hall–Kier alpha value is -2.69. The normalized spacial score (nSPS) is 18.4. The molecule has 0 spiro atoms. The van der Waals surface area contributed by atoms with E-state index in [1.165, 1.54) is 0 Å². The van der Waals surface area contributed by atoms with Crippen LogP contribution in [0.25, 0.3) is 0 Å². The summed E-state index contributed by atoms with van der Waals surface area (Å²) in [5.41, 5.74) is 2.77. The molecule has 1 aliphatic rings. The molecule has 0 saturated heterocycles. The number of nitrogens with one attached hydrogen (secondary N) is 1. The summed E-state index contributed by atoms with van der Waals surface area (Å²) in [6.07, 6.45) is 0.0720. The minimum Gasteiger partial charge on any atom is -0.497 e. The van der Waals surface area contributed by atoms with Crippen molar-refractivity contribution in [1.82, 2.24) is 5.32 Å². The first-order valence-electron chi connectivity index (χ1n) is 9.59. The standard InChI is InChI=1S/C23H29NO4/c1-14-9-15(2)11-18(10-14)27-16(3)22(25)24-20-13-23(4,5)28-21-12-17(26-6)7-8-19(20)21/h7-12,16,20H,13H2,1-6H3,(H,24,25). The van der Waals surface area contributed by atoms with Crippen LogP contribution in [0.5, 0.6) is 17.2 Å². The van der Waals surface area contributed by atoms with Gasteiger partial charge in [-0.2, -0.15) is 0 Å².